The van der Waals surface area contributed by atoms with Crippen molar-refractivity contribution in [3.63, 3.8) is 0 Å². The number of ether oxygens (including phenoxy) is 1. The molecular weight excluding hydrogens is 380 g/mol. The van der Waals surface area contributed by atoms with E-state index in [1.165, 1.54) is 0 Å². The molecule has 160 valence electrons. The molecule has 0 radical (unpaired) electrons. The Kier molecular flexibility index (Phi) is 8.95. The third-order valence-corrected chi connectivity index (χ3v) is 4.81. The predicted molar refractivity (Wildman–Crippen MR) is 118 cm³/mol. The molecule has 0 fully saturated rings. The van der Waals surface area contributed by atoms with Crippen LogP contribution >= 0.6 is 0 Å². The maximum absolute atomic E-state index is 12.9. The van der Waals surface area contributed by atoms with Crippen molar-refractivity contribution in [1.29, 1.82) is 5.26 Å². The molecule has 1 aliphatic rings. The van der Waals surface area contributed by atoms with Crippen LogP contribution in [0.3, 0.4) is 0 Å². The van der Waals surface area contributed by atoms with Gasteiger partial charge in [0.05, 0.1) is 17.9 Å². The van der Waals surface area contributed by atoms with Gasteiger partial charge in [-0.3, -0.25) is 4.79 Å². The van der Waals surface area contributed by atoms with Gasteiger partial charge in [0.15, 0.2) is 5.57 Å². The van der Waals surface area contributed by atoms with Gasteiger partial charge in [0.1, 0.15) is 18.5 Å². The Balaban J connectivity index is 2.35. The van der Waals surface area contributed by atoms with E-state index in [1.807, 2.05) is 24.3 Å². The molecule has 0 aliphatic carbocycles. The fourth-order valence-corrected chi connectivity index (χ4v) is 3.32. The van der Waals surface area contributed by atoms with Gasteiger partial charge in [-0.05, 0) is 25.0 Å². The van der Waals surface area contributed by atoms with Crippen molar-refractivity contribution in [3.8, 4) is 6.07 Å². The van der Waals surface area contributed by atoms with E-state index in [2.05, 4.69) is 41.6 Å². The number of nitriles is 1. The Hall–Kier alpha value is -3.27. The minimum absolute atomic E-state index is 0.0178. The van der Waals surface area contributed by atoms with Gasteiger partial charge in [0, 0.05) is 19.2 Å². The minimum atomic E-state index is -0.550. The van der Waals surface area contributed by atoms with E-state index >= 15 is 0 Å². The van der Waals surface area contributed by atoms with Crippen LogP contribution in [0.25, 0.3) is 0 Å². The van der Waals surface area contributed by atoms with Gasteiger partial charge in [-0.25, -0.2) is 4.79 Å². The summed E-state index contributed by atoms with van der Waals surface area (Å²) in [6, 6.07) is 10.1. The van der Waals surface area contributed by atoms with Gasteiger partial charge in [-0.2, -0.15) is 5.26 Å². The highest BCUT2D eigenvalue weighted by Gasteiger charge is 2.34. The maximum Gasteiger partial charge on any atom is 0.330 e. The SMILES string of the molecule is C=CC(=O)OCCNC(=O)C(C#N)=C1N(CCCC)c2ccccc2N1CCCC. The molecule has 7 heteroatoms. The number of para-hydroxylation sites is 2. The molecule has 1 aromatic rings. The summed E-state index contributed by atoms with van der Waals surface area (Å²) >= 11 is 0. The molecular formula is C23H30N4O3. The molecule has 1 aliphatic heterocycles. The summed E-state index contributed by atoms with van der Waals surface area (Å²) in [6.45, 7) is 9.14. The highest BCUT2D eigenvalue weighted by atomic mass is 16.5. The summed E-state index contributed by atoms with van der Waals surface area (Å²) in [6.07, 6.45) is 4.96. The fraction of sp³-hybridized carbons (Fsp3) is 0.435. The predicted octanol–water partition coefficient (Wildman–Crippen LogP) is 3.49. The zero-order chi connectivity index (χ0) is 21.9. The number of esters is 1. The second-order valence-electron chi connectivity index (χ2n) is 6.94. The second kappa shape index (κ2) is 11.7. The zero-order valence-corrected chi connectivity index (χ0v) is 17.8. The quantitative estimate of drug-likeness (QED) is 0.260. The molecule has 1 N–H and O–H groups in total. The van der Waals surface area contributed by atoms with E-state index in [0.717, 1.165) is 56.2 Å². The number of hydrogen-bond donors (Lipinski definition) is 1. The lowest BCUT2D eigenvalue weighted by atomic mass is 10.2. The highest BCUT2D eigenvalue weighted by Crippen LogP contribution is 2.42. The molecule has 0 saturated heterocycles. The summed E-state index contributed by atoms with van der Waals surface area (Å²) in [5.74, 6) is -0.398. The molecule has 30 heavy (non-hydrogen) atoms. The Labute approximate surface area is 178 Å². The fourth-order valence-electron chi connectivity index (χ4n) is 3.32. The van der Waals surface area contributed by atoms with Crippen LogP contribution in [-0.4, -0.2) is 38.1 Å². The van der Waals surface area contributed by atoms with E-state index in [1.54, 1.807) is 0 Å². The average Bonchev–Trinajstić information content (AvgIpc) is 3.07. The molecule has 0 spiro atoms. The molecule has 1 heterocycles. The number of nitrogens with one attached hydrogen (secondary N) is 1. The van der Waals surface area contributed by atoms with Crippen LogP contribution in [0.15, 0.2) is 48.3 Å². The summed E-state index contributed by atoms with van der Waals surface area (Å²) in [7, 11) is 0. The molecule has 0 atom stereocenters. The zero-order valence-electron chi connectivity index (χ0n) is 17.8. The molecule has 0 saturated carbocycles. The Morgan fingerprint density at radius 2 is 1.70 bits per heavy atom. The first-order chi connectivity index (χ1) is 14.6. The number of fused-ring (bicyclic) bond motifs is 1. The van der Waals surface area contributed by atoms with Crippen LogP contribution in [-0.2, 0) is 14.3 Å². The largest absolute Gasteiger partial charge is 0.461 e. The van der Waals surface area contributed by atoms with Crippen molar-refractivity contribution in [2.45, 2.75) is 39.5 Å². The van der Waals surface area contributed by atoms with Crippen molar-refractivity contribution in [1.82, 2.24) is 5.32 Å². The lowest BCUT2D eigenvalue weighted by molar-refractivity contribution is -0.138. The average molecular weight is 411 g/mol. The second-order valence-corrected chi connectivity index (χ2v) is 6.94. The van der Waals surface area contributed by atoms with Crippen molar-refractivity contribution in [3.05, 3.63) is 48.3 Å². The number of amides is 1. The number of hydrogen-bond acceptors (Lipinski definition) is 6. The molecule has 7 nitrogen and oxygen atoms in total. The first-order valence-corrected chi connectivity index (χ1v) is 10.4. The number of carbonyl (C=O) groups is 2. The van der Waals surface area contributed by atoms with Crippen LogP contribution in [0, 0.1) is 11.3 Å². The number of unbranched alkanes of at least 4 members (excludes halogenated alkanes) is 2. The Bertz CT molecular complexity index is 804. The van der Waals surface area contributed by atoms with E-state index in [9.17, 15) is 14.9 Å². The summed E-state index contributed by atoms with van der Waals surface area (Å²) < 4.78 is 4.89. The number of benzene rings is 1. The molecule has 0 aromatic heterocycles. The van der Waals surface area contributed by atoms with Gasteiger partial charge in [0.25, 0.3) is 5.91 Å². The molecule has 1 aromatic carbocycles. The third-order valence-electron chi connectivity index (χ3n) is 4.81. The molecule has 2 rings (SSSR count). The van der Waals surface area contributed by atoms with Crippen LogP contribution in [0.4, 0.5) is 11.4 Å². The highest BCUT2D eigenvalue weighted by molar-refractivity contribution is 6.01. The smallest absolute Gasteiger partial charge is 0.330 e. The topological polar surface area (TPSA) is 85.7 Å². The van der Waals surface area contributed by atoms with Crippen molar-refractivity contribution < 1.29 is 14.3 Å². The van der Waals surface area contributed by atoms with E-state index in [0.29, 0.717) is 5.82 Å². The van der Waals surface area contributed by atoms with Crippen LogP contribution in [0.2, 0.25) is 0 Å². The van der Waals surface area contributed by atoms with Crippen molar-refractivity contribution >= 4 is 23.3 Å². The molecule has 0 unspecified atom stereocenters. The third kappa shape index (κ3) is 5.41. The summed E-state index contributed by atoms with van der Waals surface area (Å²) in [5, 5.41) is 12.6. The van der Waals surface area contributed by atoms with Crippen LogP contribution < -0.4 is 15.1 Å². The molecule has 1 amide bonds. The number of anilines is 2. The first kappa shape index (κ1) is 23.0. The first-order valence-electron chi connectivity index (χ1n) is 10.4. The van der Waals surface area contributed by atoms with Gasteiger partial charge in [-0.15, -0.1) is 0 Å². The minimum Gasteiger partial charge on any atom is -0.461 e. The van der Waals surface area contributed by atoms with Gasteiger partial charge < -0.3 is 19.9 Å². The van der Waals surface area contributed by atoms with Crippen LogP contribution in [0.1, 0.15) is 39.5 Å². The lowest BCUT2D eigenvalue weighted by Crippen LogP contribution is -2.36. The van der Waals surface area contributed by atoms with Gasteiger partial charge >= 0.3 is 5.97 Å². The summed E-state index contributed by atoms with van der Waals surface area (Å²) in [5.41, 5.74) is 2.09. The number of carbonyl (C=O) groups excluding carboxylic acids is 2. The van der Waals surface area contributed by atoms with Crippen LogP contribution in [0.5, 0.6) is 0 Å². The summed E-state index contributed by atoms with van der Waals surface area (Å²) in [4.78, 5) is 28.1. The van der Waals surface area contributed by atoms with Crippen molar-refractivity contribution in [2.75, 3.05) is 36.0 Å². The van der Waals surface area contributed by atoms with Crippen molar-refractivity contribution in [2.24, 2.45) is 0 Å². The van der Waals surface area contributed by atoms with E-state index < -0.39 is 11.9 Å². The maximum atomic E-state index is 12.9. The number of nitrogens with zero attached hydrogens (tertiary/aromatic N) is 3. The standard InChI is InChI=1S/C23H30N4O3/c1-4-7-14-26-19-11-9-10-12-20(19)27(15-8-5-2)23(26)18(17-24)22(29)25-13-16-30-21(28)6-3/h6,9-12H,3-5,7-8,13-16H2,1-2H3,(H,25,29). The lowest BCUT2D eigenvalue weighted by Gasteiger charge is -2.26. The van der Waals surface area contributed by atoms with E-state index in [4.69, 9.17) is 4.74 Å². The number of rotatable bonds is 11. The van der Waals surface area contributed by atoms with Gasteiger partial charge in [0.2, 0.25) is 0 Å². The Morgan fingerprint density at radius 1 is 1.13 bits per heavy atom. The Morgan fingerprint density at radius 3 is 2.17 bits per heavy atom. The normalized spacial score (nSPS) is 12.2. The molecule has 0 bridgehead atoms. The monoisotopic (exact) mass is 410 g/mol. The van der Waals surface area contributed by atoms with E-state index in [-0.39, 0.29) is 18.7 Å². The van der Waals surface area contributed by atoms with Gasteiger partial charge in [-0.1, -0.05) is 45.4 Å².